The van der Waals surface area contributed by atoms with E-state index in [4.69, 9.17) is 5.73 Å². The summed E-state index contributed by atoms with van der Waals surface area (Å²) in [6.07, 6.45) is 2.33. The summed E-state index contributed by atoms with van der Waals surface area (Å²) >= 11 is 0. The van der Waals surface area contributed by atoms with Gasteiger partial charge in [0.25, 0.3) is 5.91 Å². The molecule has 0 unspecified atom stereocenters. The number of piperidine rings is 1. The van der Waals surface area contributed by atoms with Gasteiger partial charge in [-0.15, -0.1) is 0 Å². The minimum atomic E-state index is -0.545. The zero-order valence-corrected chi connectivity index (χ0v) is 14.7. The molecule has 2 aromatic heterocycles. The molecule has 0 radical (unpaired) electrons. The van der Waals surface area contributed by atoms with Gasteiger partial charge in [0.1, 0.15) is 5.69 Å². The van der Waals surface area contributed by atoms with Crippen LogP contribution in [0.4, 0.5) is 0 Å². The number of likely N-dealkylation sites (tertiary alicyclic amines) is 1. The zero-order valence-electron chi connectivity index (χ0n) is 14.7. The monoisotopic (exact) mass is 344 g/mol. The molecular formula is C17H24N6O2. The fourth-order valence-electron chi connectivity index (χ4n) is 3.39. The molecule has 8 nitrogen and oxygen atoms in total. The number of hydrogen-bond donors (Lipinski definition) is 2. The Hall–Kier alpha value is -2.64. The number of aromatic amines is 1. The first-order chi connectivity index (χ1) is 11.9. The second-order valence-electron chi connectivity index (χ2n) is 6.65. The highest BCUT2D eigenvalue weighted by Crippen LogP contribution is 2.26. The number of aromatic nitrogens is 4. The lowest BCUT2D eigenvalue weighted by Crippen LogP contribution is -2.39. The largest absolute Gasteiger partial charge is 0.364 e. The van der Waals surface area contributed by atoms with Gasteiger partial charge in [-0.05, 0) is 38.8 Å². The van der Waals surface area contributed by atoms with Gasteiger partial charge in [-0.2, -0.15) is 10.2 Å². The number of carbonyl (C=O) groups excluding carboxylic acids is 2. The minimum absolute atomic E-state index is 0.131. The Balaban J connectivity index is 1.59. The molecule has 0 spiro atoms. The van der Waals surface area contributed by atoms with Crippen molar-refractivity contribution in [2.24, 2.45) is 5.73 Å². The topological polar surface area (TPSA) is 110 Å². The van der Waals surface area contributed by atoms with Crippen molar-refractivity contribution < 1.29 is 9.59 Å². The molecule has 3 rings (SSSR count). The first-order valence-corrected chi connectivity index (χ1v) is 8.58. The molecule has 1 aliphatic heterocycles. The Kier molecular flexibility index (Phi) is 4.87. The van der Waals surface area contributed by atoms with Gasteiger partial charge in [0.05, 0.1) is 5.69 Å². The van der Waals surface area contributed by atoms with Crippen LogP contribution in [0.15, 0.2) is 12.1 Å². The Morgan fingerprint density at radius 1 is 1.36 bits per heavy atom. The predicted molar refractivity (Wildman–Crippen MR) is 92.0 cm³/mol. The normalized spacial score (nSPS) is 17.7. The number of H-pyrrole nitrogens is 1. The quantitative estimate of drug-likeness (QED) is 0.847. The molecule has 0 aliphatic carbocycles. The molecule has 1 fully saturated rings. The zero-order chi connectivity index (χ0) is 18.0. The van der Waals surface area contributed by atoms with Gasteiger partial charge in [0, 0.05) is 43.4 Å². The number of aryl methyl sites for hydroxylation is 3. The maximum Gasteiger partial charge on any atom is 0.269 e. The van der Waals surface area contributed by atoms with Crippen molar-refractivity contribution in [3.05, 3.63) is 34.9 Å². The van der Waals surface area contributed by atoms with E-state index in [0.29, 0.717) is 19.5 Å². The average Bonchev–Trinajstić information content (AvgIpc) is 3.19. The summed E-state index contributed by atoms with van der Waals surface area (Å²) in [5.74, 6) is -0.255. The van der Waals surface area contributed by atoms with Crippen LogP contribution in [0.1, 0.15) is 52.8 Å². The van der Waals surface area contributed by atoms with E-state index in [2.05, 4.69) is 15.3 Å². The third-order valence-electron chi connectivity index (χ3n) is 4.70. The summed E-state index contributed by atoms with van der Waals surface area (Å²) in [4.78, 5) is 25.6. The van der Waals surface area contributed by atoms with Crippen LogP contribution in [0.2, 0.25) is 0 Å². The highest BCUT2D eigenvalue weighted by atomic mass is 16.2. The first-order valence-electron chi connectivity index (χ1n) is 8.58. The van der Waals surface area contributed by atoms with Gasteiger partial charge in [-0.3, -0.25) is 19.4 Å². The van der Waals surface area contributed by atoms with Crippen molar-refractivity contribution in [3.63, 3.8) is 0 Å². The van der Waals surface area contributed by atoms with Crippen LogP contribution >= 0.6 is 0 Å². The maximum atomic E-state index is 12.6. The molecule has 2 aromatic rings. The second kappa shape index (κ2) is 7.08. The van der Waals surface area contributed by atoms with Crippen molar-refractivity contribution in [2.45, 2.75) is 45.6 Å². The van der Waals surface area contributed by atoms with E-state index in [1.54, 1.807) is 6.07 Å². The van der Waals surface area contributed by atoms with Crippen molar-refractivity contribution in [2.75, 3.05) is 13.1 Å². The molecule has 0 saturated carbocycles. The number of nitrogens with two attached hydrogens (primary N) is 1. The molecular weight excluding hydrogens is 320 g/mol. The molecule has 0 aromatic carbocycles. The number of amides is 2. The van der Waals surface area contributed by atoms with E-state index in [1.807, 2.05) is 29.5 Å². The molecule has 1 atom stereocenters. The van der Waals surface area contributed by atoms with E-state index < -0.39 is 5.91 Å². The predicted octanol–water partition coefficient (Wildman–Crippen LogP) is 1.12. The van der Waals surface area contributed by atoms with Crippen LogP contribution in [0.5, 0.6) is 0 Å². The summed E-state index contributed by atoms with van der Waals surface area (Å²) < 4.78 is 1.88. The third kappa shape index (κ3) is 3.89. The number of rotatable bonds is 5. The highest BCUT2D eigenvalue weighted by molar-refractivity contribution is 5.90. The Morgan fingerprint density at radius 3 is 2.80 bits per heavy atom. The molecule has 3 heterocycles. The van der Waals surface area contributed by atoms with Crippen molar-refractivity contribution in [3.8, 4) is 0 Å². The van der Waals surface area contributed by atoms with Gasteiger partial charge in [-0.25, -0.2) is 0 Å². The standard InChI is InChI=1S/C17H24N6O2/c1-11-8-12(2)23(21-11)7-5-16(24)22-6-3-4-13(10-22)14-9-15(17(18)25)20-19-14/h8-9,13H,3-7,10H2,1-2H3,(H2,18,25)(H,19,20)/t13-/m0/s1. The lowest BCUT2D eigenvalue weighted by molar-refractivity contribution is -0.132. The Morgan fingerprint density at radius 2 is 2.16 bits per heavy atom. The molecule has 3 N–H and O–H groups in total. The highest BCUT2D eigenvalue weighted by Gasteiger charge is 2.26. The average molecular weight is 344 g/mol. The SMILES string of the molecule is Cc1cc(C)n(CCC(=O)N2CCC[C@H](c3cc(C(N)=O)n[nH]3)C2)n1. The van der Waals surface area contributed by atoms with Crippen LogP contribution in [-0.4, -0.2) is 49.8 Å². The molecule has 2 amide bonds. The van der Waals surface area contributed by atoms with Crippen LogP contribution in [0.25, 0.3) is 0 Å². The molecule has 0 bridgehead atoms. The van der Waals surface area contributed by atoms with Crippen molar-refractivity contribution >= 4 is 11.8 Å². The summed E-state index contributed by atoms with van der Waals surface area (Å²) in [7, 11) is 0. The first kappa shape index (κ1) is 17.2. The van der Waals surface area contributed by atoms with E-state index in [-0.39, 0.29) is 17.5 Å². The maximum absolute atomic E-state index is 12.6. The number of primary amides is 1. The van der Waals surface area contributed by atoms with E-state index >= 15 is 0 Å². The van der Waals surface area contributed by atoms with Crippen LogP contribution < -0.4 is 5.73 Å². The molecule has 25 heavy (non-hydrogen) atoms. The lowest BCUT2D eigenvalue weighted by Gasteiger charge is -2.32. The molecule has 1 saturated heterocycles. The minimum Gasteiger partial charge on any atom is -0.364 e. The summed E-state index contributed by atoms with van der Waals surface area (Å²) in [6, 6.07) is 3.70. The van der Waals surface area contributed by atoms with E-state index in [1.165, 1.54) is 0 Å². The molecule has 134 valence electrons. The number of nitrogens with one attached hydrogen (secondary N) is 1. The Bertz CT molecular complexity index is 778. The molecule has 1 aliphatic rings. The second-order valence-corrected chi connectivity index (χ2v) is 6.65. The van der Waals surface area contributed by atoms with Gasteiger partial charge >= 0.3 is 0 Å². The third-order valence-corrected chi connectivity index (χ3v) is 4.70. The van der Waals surface area contributed by atoms with Gasteiger partial charge in [0.15, 0.2) is 0 Å². The van der Waals surface area contributed by atoms with Gasteiger partial charge in [-0.1, -0.05) is 0 Å². The van der Waals surface area contributed by atoms with Crippen LogP contribution in [0, 0.1) is 13.8 Å². The summed E-state index contributed by atoms with van der Waals surface area (Å²) in [5, 5.41) is 11.2. The Labute approximate surface area is 146 Å². The number of hydrogen-bond acceptors (Lipinski definition) is 4. The van der Waals surface area contributed by atoms with Crippen LogP contribution in [0.3, 0.4) is 0 Å². The van der Waals surface area contributed by atoms with Crippen molar-refractivity contribution in [1.82, 2.24) is 24.9 Å². The van der Waals surface area contributed by atoms with E-state index in [0.717, 1.165) is 36.5 Å². The lowest BCUT2D eigenvalue weighted by atomic mass is 9.94. The smallest absolute Gasteiger partial charge is 0.269 e. The van der Waals surface area contributed by atoms with Gasteiger partial charge < -0.3 is 10.6 Å². The van der Waals surface area contributed by atoms with Gasteiger partial charge in [0.2, 0.25) is 5.91 Å². The van der Waals surface area contributed by atoms with Crippen molar-refractivity contribution in [1.29, 1.82) is 0 Å². The number of carbonyl (C=O) groups is 2. The summed E-state index contributed by atoms with van der Waals surface area (Å²) in [6.45, 7) is 5.94. The van der Waals surface area contributed by atoms with E-state index in [9.17, 15) is 9.59 Å². The number of nitrogens with zero attached hydrogens (tertiary/aromatic N) is 4. The summed E-state index contributed by atoms with van der Waals surface area (Å²) in [5.41, 5.74) is 8.38. The fourth-order valence-corrected chi connectivity index (χ4v) is 3.39. The van der Waals surface area contributed by atoms with Crippen LogP contribution in [-0.2, 0) is 11.3 Å². The molecule has 8 heteroatoms. The fraction of sp³-hybridized carbons (Fsp3) is 0.529.